The molecule has 0 aliphatic heterocycles. The number of hydrazone groups is 1. The third kappa shape index (κ3) is 3.03. The van der Waals surface area contributed by atoms with Crippen molar-refractivity contribution in [2.45, 2.75) is 6.92 Å². The van der Waals surface area contributed by atoms with E-state index in [9.17, 15) is 10.1 Å². The SMILES string of the molecule is Cc1c(Br)cc(NN=C(C#N)C#N)cc1[N+](=O)[O-]. The molecule has 1 aromatic rings. The number of nitrogens with one attached hydrogen (secondary N) is 1. The average molecular weight is 308 g/mol. The first-order valence-electron chi connectivity index (χ1n) is 4.58. The van der Waals surface area contributed by atoms with E-state index in [1.165, 1.54) is 6.07 Å². The molecule has 1 aromatic carbocycles. The molecule has 0 aliphatic carbocycles. The third-order valence-corrected chi connectivity index (χ3v) is 2.85. The van der Waals surface area contributed by atoms with E-state index < -0.39 is 4.92 Å². The first-order valence-corrected chi connectivity index (χ1v) is 5.37. The summed E-state index contributed by atoms with van der Waals surface area (Å²) in [4.78, 5) is 10.3. The average Bonchev–Trinajstić information content (AvgIpc) is 2.34. The number of hydrogen-bond acceptors (Lipinski definition) is 6. The zero-order chi connectivity index (χ0) is 13.7. The summed E-state index contributed by atoms with van der Waals surface area (Å²) in [6.07, 6.45) is 0. The Kier molecular flexibility index (Phi) is 4.35. The number of rotatable bonds is 3. The normalized spacial score (nSPS) is 8.89. The molecular weight excluding hydrogens is 302 g/mol. The minimum absolute atomic E-state index is 0.0856. The van der Waals surface area contributed by atoms with Crippen molar-refractivity contribution < 1.29 is 4.92 Å². The third-order valence-electron chi connectivity index (χ3n) is 2.02. The van der Waals surface area contributed by atoms with E-state index in [0.29, 0.717) is 15.7 Å². The number of halogens is 1. The molecule has 18 heavy (non-hydrogen) atoms. The number of benzene rings is 1. The fourth-order valence-electron chi connectivity index (χ4n) is 1.11. The van der Waals surface area contributed by atoms with E-state index in [-0.39, 0.29) is 11.4 Å². The van der Waals surface area contributed by atoms with Crippen molar-refractivity contribution in [1.82, 2.24) is 0 Å². The minimum atomic E-state index is -0.523. The molecule has 1 N–H and O–H groups in total. The maximum atomic E-state index is 10.8. The van der Waals surface area contributed by atoms with Crippen LogP contribution in [0.5, 0.6) is 0 Å². The Morgan fingerprint density at radius 3 is 2.61 bits per heavy atom. The Balaban J connectivity index is 3.14. The van der Waals surface area contributed by atoms with Crippen LogP contribution in [0.3, 0.4) is 0 Å². The summed E-state index contributed by atoms with van der Waals surface area (Å²) >= 11 is 3.18. The number of nitriles is 2. The summed E-state index contributed by atoms with van der Waals surface area (Å²) in [5, 5.41) is 31.3. The lowest BCUT2D eigenvalue weighted by molar-refractivity contribution is -0.385. The van der Waals surface area contributed by atoms with E-state index in [0.717, 1.165) is 0 Å². The van der Waals surface area contributed by atoms with Crippen LogP contribution in [-0.4, -0.2) is 10.6 Å². The zero-order valence-corrected chi connectivity index (χ0v) is 10.7. The first-order chi connectivity index (χ1) is 8.49. The van der Waals surface area contributed by atoms with E-state index >= 15 is 0 Å². The molecule has 0 spiro atoms. The van der Waals surface area contributed by atoms with Crippen LogP contribution in [0, 0.1) is 39.7 Å². The lowest BCUT2D eigenvalue weighted by Gasteiger charge is -2.04. The van der Waals surface area contributed by atoms with Gasteiger partial charge in [-0.1, -0.05) is 15.9 Å². The summed E-state index contributed by atoms with van der Waals surface area (Å²) < 4.78 is 0.532. The standard InChI is InChI=1S/C10H6BrN5O2/c1-6-9(11)2-7(3-10(6)16(17)18)14-15-8(4-12)5-13/h2-3,14H,1H3. The summed E-state index contributed by atoms with van der Waals surface area (Å²) in [5.74, 6) is 0. The van der Waals surface area contributed by atoms with Gasteiger partial charge in [0.2, 0.25) is 5.71 Å². The van der Waals surface area contributed by atoms with Crippen molar-refractivity contribution in [3.05, 3.63) is 32.3 Å². The second kappa shape index (κ2) is 5.75. The molecule has 0 fully saturated rings. The highest BCUT2D eigenvalue weighted by atomic mass is 79.9. The fraction of sp³-hybridized carbons (Fsp3) is 0.100. The molecule has 0 heterocycles. The summed E-state index contributed by atoms with van der Waals surface area (Å²) in [6.45, 7) is 1.60. The van der Waals surface area contributed by atoms with Crippen LogP contribution in [0.4, 0.5) is 11.4 Å². The fourth-order valence-corrected chi connectivity index (χ4v) is 1.56. The van der Waals surface area contributed by atoms with Crippen LogP contribution in [0.25, 0.3) is 0 Å². The summed E-state index contributed by atoms with van der Waals surface area (Å²) in [5.41, 5.74) is 2.76. The highest BCUT2D eigenvalue weighted by Gasteiger charge is 2.14. The highest BCUT2D eigenvalue weighted by Crippen LogP contribution is 2.30. The predicted molar refractivity (Wildman–Crippen MR) is 67.8 cm³/mol. The van der Waals surface area contributed by atoms with Crippen LogP contribution >= 0.6 is 15.9 Å². The lowest BCUT2D eigenvalue weighted by Crippen LogP contribution is -1.99. The van der Waals surface area contributed by atoms with Crippen LogP contribution in [-0.2, 0) is 0 Å². The van der Waals surface area contributed by atoms with Crippen molar-refractivity contribution in [1.29, 1.82) is 10.5 Å². The molecule has 0 atom stereocenters. The van der Waals surface area contributed by atoms with Crippen LogP contribution in [0.1, 0.15) is 5.56 Å². The van der Waals surface area contributed by atoms with Gasteiger partial charge < -0.3 is 0 Å². The second-order valence-corrected chi connectivity index (χ2v) is 4.01. The Bertz CT molecular complexity index is 596. The monoisotopic (exact) mass is 307 g/mol. The number of nitrogens with zero attached hydrogens (tertiary/aromatic N) is 4. The zero-order valence-electron chi connectivity index (χ0n) is 9.14. The molecule has 0 amide bonds. The molecule has 0 radical (unpaired) electrons. The van der Waals surface area contributed by atoms with Crippen molar-refractivity contribution in [2.75, 3.05) is 5.43 Å². The molecule has 0 aromatic heterocycles. The Labute approximate surface area is 111 Å². The van der Waals surface area contributed by atoms with E-state index in [4.69, 9.17) is 10.5 Å². The van der Waals surface area contributed by atoms with Crippen molar-refractivity contribution in [2.24, 2.45) is 5.10 Å². The minimum Gasteiger partial charge on any atom is -0.276 e. The van der Waals surface area contributed by atoms with Gasteiger partial charge in [-0.2, -0.15) is 15.6 Å². The Morgan fingerprint density at radius 2 is 2.11 bits per heavy atom. The van der Waals surface area contributed by atoms with Crippen molar-refractivity contribution in [3.63, 3.8) is 0 Å². The Hall–Kier alpha value is -2.45. The quantitative estimate of drug-likeness (QED) is 0.523. The van der Waals surface area contributed by atoms with Gasteiger partial charge in [0.15, 0.2) is 0 Å². The molecule has 90 valence electrons. The molecule has 0 bridgehead atoms. The van der Waals surface area contributed by atoms with E-state index in [1.807, 2.05) is 0 Å². The first kappa shape index (κ1) is 13.6. The molecule has 0 aliphatic rings. The van der Waals surface area contributed by atoms with Gasteiger partial charge in [-0.15, -0.1) is 0 Å². The van der Waals surface area contributed by atoms with Crippen molar-refractivity contribution in [3.8, 4) is 12.1 Å². The summed E-state index contributed by atoms with van der Waals surface area (Å²) in [7, 11) is 0. The molecule has 1 rings (SSSR count). The van der Waals surface area contributed by atoms with Gasteiger partial charge >= 0.3 is 0 Å². The predicted octanol–water partition coefficient (Wildman–Crippen LogP) is 2.48. The van der Waals surface area contributed by atoms with Crippen LogP contribution in [0.2, 0.25) is 0 Å². The van der Waals surface area contributed by atoms with Gasteiger partial charge in [-0.25, -0.2) is 0 Å². The maximum absolute atomic E-state index is 10.8. The number of nitro groups is 1. The largest absolute Gasteiger partial charge is 0.276 e. The molecular formula is C10H6BrN5O2. The molecule has 0 saturated carbocycles. The smallest absolute Gasteiger partial charge is 0.275 e. The van der Waals surface area contributed by atoms with Crippen molar-refractivity contribution >= 4 is 33.0 Å². The number of hydrogen-bond donors (Lipinski definition) is 1. The topological polar surface area (TPSA) is 115 Å². The van der Waals surface area contributed by atoms with Gasteiger partial charge in [0.25, 0.3) is 5.69 Å². The van der Waals surface area contributed by atoms with Gasteiger partial charge in [0.05, 0.1) is 10.6 Å². The van der Waals surface area contributed by atoms with Gasteiger partial charge in [0.1, 0.15) is 12.1 Å². The van der Waals surface area contributed by atoms with E-state index in [2.05, 4.69) is 26.5 Å². The van der Waals surface area contributed by atoms with Gasteiger partial charge in [0, 0.05) is 16.1 Å². The lowest BCUT2D eigenvalue weighted by atomic mass is 10.2. The van der Waals surface area contributed by atoms with Gasteiger partial charge in [-0.05, 0) is 13.0 Å². The van der Waals surface area contributed by atoms with Gasteiger partial charge in [-0.3, -0.25) is 15.5 Å². The Morgan fingerprint density at radius 1 is 1.50 bits per heavy atom. The molecule has 8 heteroatoms. The summed E-state index contributed by atoms with van der Waals surface area (Å²) in [6, 6.07) is 5.97. The second-order valence-electron chi connectivity index (χ2n) is 3.16. The molecule has 7 nitrogen and oxygen atoms in total. The highest BCUT2D eigenvalue weighted by molar-refractivity contribution is 9.10. The number of nitro benzene ring substituents is 1. The molecule has 0 saturated heterocycles. The van der Waals surface area contributed by atoms with Crippen LogP contribution < -0.4 is 5.43 Å². The van der Waals surface area contributed by atoms with Crippen LogP contribution in [0.15, 0.2) is 21.7 Å². The number of anilines is 1. The molecule has 0 unspecified atom stereocenters. The van der Waals surface area contributed by atoms with E-state index in [1.54, 1.807) is 25.1 Å². The maximum Gasteiger partial charge on any atom is 0.275 e.